The summed E-state index contributed by atoms with van der Waals surface area (Å²) in [4.78, 5) is 14.9. The number of aliphatic hydroxyl groups excluding tert-OH is 1. The predicted octanol–water partition coefficient (Wildman–Crippen LogP) is 2.89. The van der Waals surface area contributed by atoms with Gasteiger partial charge >= 0.3 is 0 Å². The number of ether oxygens (including phenoxy) is 1. The molecule has 1 N–H and O–H groups in total. The van der Waals surface area contributed by atoms with Gasteiger partial charge in [0.05, 0.1) is 27.0 Å². The first-order valence-corrected chi connectivity index (χ1v) is 8.25. The lowest BCUT2D eigenvalue weighted by molar-refractivity contribution is -0.139. The highest BCUT2D eigenvalue weighted by Gasteiger charge is 2.36. The fourth-order valence-corrected chi connectivity index (χ4v) is 4.16. The van der Waals surface area contributed by atoms with Gasteiger partial charge in [-0.25, -0.2) is 0 Å². The van der Waals surface area contributed by atoms with Gasteiger partial charge in [-0.2, -0.15) is 0 Å². The van der Waals surface area contributed by atoms with Crippen LogP contribution in [0.2, 0.25) is 0 Å². The first-order chi connectivity index (χ1) is 8.82. The number of rotatable bonds is 2. The quantitative estimate of drug-likeness (QED) is 0.812. The number of morpholine rings is 1. The summed E-state index contributed by atoms with van der Waals surface area (Å²) in [5.41, 5.74) is -0.437. The second-order valence-corrected chi connectivity index (χ2v) is 8.32. The van der Waals surface area contributed by atoms with Crippen molar-refractivity contribution >= 4 is 49.1 Å². The highest BCUT2D eigenvalue weighted by atomic mass is 79.9. The number of hydrogen-bond donors (Lipinski definition) is 1. The zero-order valence-corrected chi connectivity index (χ0v) is 14.6. The summed E-state index contributed by atoms with van der Waals surface area (Å²) in [7, 11) is 0. The second kappa shape index (κ2) is 5.81. The Morgan fingerprint density at radius 3 is 2.84 bits per heavy atom. The lowest BCUT2D eigenvalue weighted by Crippen LogP contribution is -2.55. The molecule has 106 valence electrons. The molecule has 1 aliphatic rings. The zero-order valence-electron chi connectivity index (χ0n) is 10.7. The fraction of sp³-hybridized carbons (Fsp3) is 0.583. The maximum absolute atomic E-state index is 12.5. The van der Waals surface area contributed by atoms with E-state index in [4.69, 9.17) is 4.74 Å². The minimum absolute atomic E-state index is 0.0220. The van der Waals surface area contributed by atoms with E-state index in [-0.39, 0.29) is 18.6 Å². The van der Waals surface area contributed by atoms with Gasteiger partial charge in [0, 0.05) is 17.6 Å². The van der Waals surface area contributed by atoms with E-state index >= 15 is 0 Å². The number of carbonyl (C=O) groups excluding carboxylic acids is 1. The number of hydrogen-bond acceptors (Lipinski definition) is 4. The Labute approximate surface area is 133 Å². The van der Waals surface area contributed by atoms with Gasteiger partial charge in [-0.05, 0) is 51.8 Å². The molecule has 0 spiro atoms. The van der Waals surface area contributed by atoms with Crippen molar-refractivity contribution < 1.29 is 14.6 Å². The molecule has 0 radical (unpaired) electrons. The van der Waals surface area contributed by atoms with E-state index in [1.165, 1.54) is 11.3 Å². The molecule has 1 aromatic heterocycles. The fourth-order valence-electron chi connectivity index (χ4n) is 2.15. The van der Waals surface area contributed by atoms with Gasteiger partial charge in [0.25, 0.3) is 5.91 Å². The summed E-state index contributed by atoms with van der Waals surface area (Å²) >= 11 is 8.18. The Morgan fingerprint density at radius 1 is 1.63 bits per heavy atom. The molecule has 2 rings (SSSR count). The van der Waals surface area contributed by atoms with Crippen LogP contribution in [0.15, 0.2) is 14.3 Å². The van der Waals surface area contributed by atoms with E-state index in [9.17, 15) is 9.90 Å². The highest BCUT2D eigenvalue weighted by molar-refractivity contribution is 9.13. The minimum atomic E-state index is -0.437. The van der Waals surface area contributed by atoms with Crippen LogP contribution in [0.25, 0.3) is 0 Å². The molecule has 0 aliphatic carbocycles. The average Bonchev–Trinajstić information content (AvgIpc) is 2.66. The normalized spacial score (nSPS) is 22.6. The van der Waals surface area contributed by atoms with Gasteiger partial charge in [0.2, 0.25) is 0 Å². The number of thiophene rings is 1. The van der Waals surface area contributed by atoms with Crippen LogP contribution >= 0.6 is 43.2 Å². The van der Waals surface area contributed by atoms with E-state index in [1.54, 1.807) is 4.90 Å². The third-order valence-electron chi connectivity index (χ3n) is 2.83. The minimum Gasteiger partial charge on any atom is -0.394 e. The summed E-state index contributed by atoms with van der Waals surface area (Å²) in [6, 6.07) is 1.81. The molecule has 1 aromatic rings. The van der Waals surface area contributed by atoms with E-state index < -0.39 is 5.60 Å². The molecule has 1 amide bonds. The van der Waals surface area contributed by atoms with Crippen LogP contribution < -0.4 is 0 Å². The van der Waals surface area contributed by atoms with E-state index in [0.717, 1.165) is 8.26 Å². The third-order valence-corrected chi connectivity index (χ3v) is 6.07. The Balaban J connectivity index is 2.18. The monoisotopic (exact) mass is 411 g/mol. The molecular formula is C12H15Br2NO3S. The van der Waals surface area contributed by atoms with Crippen molar-refractivity contribution in [2.75, 3.05) is 19.7 Å². The van der Waals surface area contributed by atoms with Gasteiger partial charge in [-0.15, -0.1) is 11.3 Å². The standard InChI is InChI=1S/C12H15Br2NO3S/c1-12(2)6-15(4-7(5-16)18-12)11(17)9-3-8(13)10(14)19-9/h3,7,16H,4-6H2,1-2H3. The van der Waals surface area contributed by atoms with Crippen LogP contribution in [0.4, 0.5) is 0 Å². The molecule has 1 unspecified atom stereocenters. The maximum atomic E-state index is 12.5. The first kappa shape index (κ1) is 15.4. The van der Waals surface area contributed by atoms with Crippen LogP contribution in [0, 0.1) is 0 Å². The highest BCUT2D eigenvalue weighted by Crippen LogP contribution is 2.33. The van der Waals surface area contributed by atoms with Gasteiger partial charge in [-0.3, -0.25) is 4.79 Å². The number of aliphatic hydroxyl groups is 1. The molecule has 2 heterocycles. The topological polar surface area (TPSA) is 49.8 Å². The molecule has 0 aromatic carbocycles. The van der Waals surface area contributed by atoms with Crippen molar-refractivity contribution in [3.8, 4) is 0 Å². The number of amides is 1. The molecule has 0 bridgehead atoms. The summed E-state index contributed by atoms with van der Waals surface area (Å²) in [6.07, 6.45) is -0.320. The Morgan fingerprint density at radius 2 is 2.32 bits per heavy atom. The van der Waals surface area contributed by atoms with Crippen molar-refractivity contribution in [1.82, 2.24) is 4.90 Å². The summed E-state index contributed by atoms with van der Waals surface area (Å²) in [6.45, 7) is 4.72. The largest absolute Gasteiger partial charge is 0.394 e. The van der Waals surface area contributed by atoms with Crippen LogP contribution in [0.3, 0.4) is 0 Å². The molecular weight excluding hydrogens is 398 g/mol. The predicted molar refractivity (Wildman–Crippen MR) is 81.7 cm³/mol. The maximum Gasteiger partial charge on any atom is 0.264 e. The Bertz CT molecular complexity index is 470. The first-order valence-electron chi connectivity index (χ1n) is 5.85. The van der Waals surface area contributed by atoms with Crippen molar-refractivity contribution in [3.05, 3.63) is 19.2 Å². The van der Waals surface area contributed by atoms with Crippen LogP contribution in [0.5, 0.6) is 0 Å². The lowest BCUT2D eigenvalue weighted by Gasteiger charge is -2.42. The number of halogens is 2. The van der Waals surface area contributed by atoms with Gasteiger partial charge in [0.15, 0.2) is 0 Å². The van der Waals surface area contributed by atoms with Crippen LogP contribution in [0.1, 0.15) is 23.5 Å². The Hall–Kier alpha value is 0.0500. The third kappa shape index (κ3) is 3.58. The van der Waals surface area contributed by atoms with E-state index in [0.29, 0.717) is 18.0 Å². The van der Waals surface area contributed by atoms with Gasteiger partial charge in [-0.1, -0.05) is 0 Å². The van der Waals surface area contributed by atoms with Gasteiger partial charge in [0.1, 0.15) is 0 Å². The van der Waals surface area contributed by atoms with E-state index in [1.807, 2.05) is 19.9 Å². The van der Waals surface area contributed by atoms with E-state index in [2.05, 4.69) is 31.9 Å². The van der Waals surface area contributed by atoms with Crippen molar-refractivity contribution in [3.63, 3.8) is 0 Å². The molecule has 1 aliphatic heterocycles. The molecule has 1 fully saturated rings. The Kier molecular flexibility index (Phi) is 4.72. The summed E-state index contributed by atoms with van der Waals surface area (Å²) in [5.74, 6) is -0.0220. The zero-order chi connectivity index (χ0) is 14.2. The molecule has 19 heavy (non-hydrogen) atoms. The molecule has 7 heteroatoms. The average molecular weight is 413 g/mol. The molecule has 4 nitrogen and oxygen atoms in total. The van der Waals surface area contributed by atoms with Crippen molar-refractivity contribution in [2.24, 2.45) is 0 Å². The summed E-state index contributed by atoms with van der Waals surface area (Å²) < 4.78 is 7.50. The van der Waals surface area contributed by atoms with Crippen LogP contribution in [-0.4, -0.2) is 47.3 Å². The van der Waals surface area contributed by atoms with Crippen molar-refractivity contribution in [2.45, 2.75) is 25.6 Å². The second-order valence-electron chi connectivity index (χ2n) is 5.10. The number of carbonyl (C=O) groups is 1. The summed E-state index contributed by atoms with van der Waals surface area (Å²) in [5, 5.41) is 9.27. The SMILES string of the molecule is CC1(C)CN(C(=O)c2cc(Br)c(Br)s2)CC(CO)O1. The smallest absolute Gasteiger partial charge is 0.264 e. The molecule has 0 saturated carbocycles. The number of nitrogens with zero attached hydrogens (tertiary/aromatic N) is 1. The van der Waals surface area contributed by atoms with Crippen molar-refractivity contribution in [1.29, 1.82) is 0 Å². The molecule has 1 atom stereocenters. The molecule has 1 saturated heterocycles. The lowest BCUT2D eigenvalue weighted by atomic mass is 10.1. The van der Waals surface area contributed by atoms with Crippen LogP contribution in [-0.2, 0) is 4.74 Å². The van der Waals surface area contributed by atoms with Gasteiger partial charge < -0.3 is 14.7 Å².